The van der Waals surface area contributed by atoms with Crippen LogP contribution in [0.25, 0.3) is 11.1 Å². The van der Waals surface area contributed by atoms with Crippen molar-refractivity contribution in [3.8, 4) is 11.1 Å². The van der Waals surface area contributed by atoms with E-state index in [9.17, 15) is 9.18 Å². The average molecular weight is 228 g/mol. The third-order valence-electron chi connectivity index (χ3n) is 2.56. The van der Waals surface area contributed by atoms with Gasteiger partial charge >= 0.3 is 0 Å². The minimum absolute atomic E-state index is 0.140. The molecular formula is C15H13FO. The number of halogens is 1. The lowest BCUT2D eigenvalue weighted by Crippen LogP contribution is -1.96. The third kappa shape index (κ3) is 3.00. The molecule has 0 N–H and O–H groups in total. The molecule has 0 aliphatic rings. The van der Waals surface area contributed by atoms with Crippen molar-refractivity contribution in [2.24, 2.45) is 0 Å². The average Bonchev–Trinajstić information content (AvgIpc) is 2.29. The number of carbonyl (C=O) groups excluding carboxylic acids is 1. The first kappa shape index (κ1) is 11.5. The van der Waals surface area contributed by atoms with Gasteiger partial charge in [0.15, 0.2) is 0 Å². The molecule has 0 bridgehead atoms. The van der Waals surface area contributed by atoms with E-state index in [0.29, 0.717) is 6.42 Å². The molecule has 0 spiro atoms. The third-order valence-corrected chi connectivity index (χ3v) is 2.56. The molecule has 86 valence electrons. The van der Waals surface area contributed by atoms with Gasteiger partial charge in [0, 0.05) is 6.42 Å². The summed E-state index contributed by atoms with van der Waals surface area (Å²) in [4.78, 5) is 11.1. The van der Waals surface area contributed by atoms with Crippen LogP contribution in [0.4, 0.5) is 4.39 Å². The Hall–Kier alpha value is -1.96. The first-order valence-corrected chi connectivity index (χ1v) is 5.49. The Morgan fingerprint density at radius 1 is 1.06 bits per heavy atom. The molecule has 2 aromatic rings. The predicted molar refractivity (Wildman–Crippen MR) is 66.2 cm³/mol. The van der Waals surface area contributed by atoms with Crippen LogP contribution in [0.5, 0.6) is 0 Å². The van der Waals surface area contributed by atoms with Gasteiger partial charge in [-0.05, 0) is 35.7 Å². The summed E-state index contributed by atoms with van der Waals surface area (Å²) in [7, 11) is 0. The molecule has 0 aromatic heterocycles. The van der Waals surface area contributed by atoms with Crippen LogP contribution in [0.2, 0.25) is 0 Å². The number of carbonyl (C=O) groups is 1. The standard InChI is InChI=1S/C15H13FO/c1-11(17)9-12-3-2-4-14(10-12)13-5-7-15(16)8-6-13/h2-8,10H,9H2,1H3. The number of benzene rings is 2. The Balaban J connectivity index is 2.32. The highest BCUT2D eigenvalue weighted by Gasteiger charge is 2.01. The highest BCUT2D eigenvalue weighted by molar-refractivity contribution is 5.78. The van der Waals surface area contributed by atoms with E-state index in [2.05, 4.69) is 0 Å². The van der Waals surface area contributed by atoms with E-state index in [1.54, 1.807) is 19.1 Å². The molecule has 0 fully saturated rings. The predicted octanol–water partition coefficient (Wildman–Crippen LogP) is 3.62. The van der Waals surface area contributed by atoms with Gasteiger partial charge in [-0.2, -0.15) is 0 Å². The first-order valence-electron chi connectivity index (χ1n) is 5.49. The van der Waals surface area contributed by atoms with Crippen LogP contribution >= 0.6 is 0 Å². The van der Waals surface area contributed by atoms with Crippen molar-refractivity contribution in [1.82, 2.24) is 0 Å². The van der Waals surface area contributed by atoms with Crippen LogP contribution in [-0.2, 0) is 11.2 Å². The van der Waals surface area contributed by atoms with E-state index in [4.69, 9.17) is 0 Å². The minimum atomic E-state index is -0.242. The molecule has 0 atom stereocenters. The summed E-state index contributed by atoms with van der Waals surface area (Å²) < 4.78 is 12.8. The van der Waals surface area contributed by atoms with Gasteiger partial charge in [0.05, 0.1) is 0 Å². The van der Waals surface area contributed by atoms with Crippen molar-refractivity contribution in [3.05, 3.63) is 59.9 Å². The highest BCUT2D eigenvalue weighted by Crippen LogP contribution is 2.21. The molecule has 0 saturated heterocycles. The molecule has 0 unspecified atom stereocenters. The number of hydrogen-bond donors (Lipinski definition) is 0. The maximum absolute atomic E-state index is 12.8. The molecule has 0 aliphatic carbocycles. The summed E-state index contributed by atoms with van der Waals surface area (Å²) in [5, 5.41) is 0. The zero-order valence-corrected chi connectivity index (χ0v) is 9.61. The van der Waals surface area contributed by atoms with Crippen LogP contribution < -0.4 is 0 Å². The fourth-order valence-electron chi connectivity index (χ4n) is 1.79. The lowest BCUT2D eigenvalue weighted by molar-refractivity contribution is -0.116. The van der Waals surface area contributed by atoms with Crippen LogP contribution in [0.3, 0.4) is 0 Å². The Labute approximate surface area is 99.9 Å². The van der Waals surface area contributed by atoms with Crippen molar-refractivity contribution < 1.29 is 9.18 Å². The van der Waals surface area contributed by atoms with Crippen molar-refractivity contribution in [1.29, 1.82) is 0 Å². The second-order valence-electron chi connectivity index (χ2n) is 4.09. The Bertz CT molecular complexity index is 529. The van der Waals surface area contributed by atoms with E-state index in [1.165, 1.54) is 12.1 Å². The first-order chi connectivity index (χ1) is 8.15. The van der Waals surface area contributed by atoms with Crippen LogP contribution in [0, 0.1) is 5.82 Å². The molecule has 0 saturated carbocycles. The van der Waals surface area contributed by atoms with Gasteiger partial charge in [-0.15, -0.1) is 0 Å². The molecule has 0 amide bonds. The molecule has 2 aromatic carbocycles. The van der Waals surface area contributed by atoms with Crippen molar-refractivity contribution in [2.75, 3.05) is 0 Å². The number of ketones is 1. The summed E-state index contributed by atoms with van der Waals surface area (Å²) >= 11 is 0. The summed E-state index contributed by atoms with van der Waals surface area (Å²) in [6.45, 7) is 1.57. The fraction of sp³-hybridized carbons (Fsp3) is 0.133. The van der Waals surface area contributed by atoms with E-state index >= 15 is 0 Å². The van der Waals surface area contributed by atoms with Gasteiger partial charge in [0.1, 0.15) is 11.6 Å². The van der Waals surface area contributed by atoms with E-state index in [-0.39, 0.29) is 11.6 Å². The fourth-order valence-corrected chi connectivity index (χ4v) is 1.79. The lowest BCUT2D eigenvalue weighted by atomic mass is 10.0. The van der Waals surface area contributed by atoms with Crippen molar-refractivity contribution in [3.63, 3.8) is 0 Å². The lowest BCUT2D eigenvalue weighted by Gasteiger charge is -2.04. The summed E-state index contributed by atoms with van der Waals surface area (Å²) in [6, 6.07) is 14.1. The Morgan fingerprint density at radius 2 is 1.76 bits per heavy atom. The SMILES string of the molecule is CC(=O)Cc1cccc(-c2ccc(F)cc2)c1. The quantitative estimate of drug-likeness (QED) is 0.784. The topological polar surface area (TPSA) is 17.1 Å². The minimum Gasteiger partial charge on any atom is -0.300 e. The molecular weight excluding hydrogens is 215 g/mol. The molecule has 0 radical (unpaired) electrons. The smallest absolute Gasteiger partial charge is 0.134 e. The Kier molecular flexibility index (Phi) is 3.33. The molecule has 17 heavy (non-hydrogen) atoms. The van der Waals surface area contributed by atoms with Gasteiger partial charge in [0.25, 0.3) is 0 Å². The number of Topliss-reactive ketones (excluding diaryl/α,β-unsaturated/α-hetero) is 1. The monoisotopic (exact) mass is 228 g/mol. The molecule has 1 nitrogen and oxygen atoms in total. The molecule has 2 rings (SSSR count). The maximum atomic E-state index is 12.8. The van der Waals surface area contributed by atoms with E-state index in [1.807, 2.05) is 24.3 Å². The van der Waals surface area contributed by atoms with Crippen LogP contribution in [-0.4, -0.2) is 5.78 Å². The number of hydrogen-bond acceptors (Lipinski definition) is 1. The second kappa shape index (κ2) is 4.91. The maximum Gasteiger partial charge on any atom is 0.134 e. The second-order valence-corrected chi connectivity index (χ2v) is 4.09. The van der Waals surface area contributed by atoms with Gasteiger partial charge in [-0.3, -0.25) is 4.79 Å². The molecule has 2 heteroatoms. The number of rotatable bonds is 3. The summed E-state index contributed by atoms with van der Waals surface area (Å²) in [6.07, 6.45) is 0.440. The van der Waals surface area contributed by atoms with Crippen molar-refractivity contribution in [2.45, 2.75) is 13.3 Å². The zero-order valence-electron chi connectivity index (χ0n) is 9.61. The largest absolute Gasteiger partial charge is 0.300 e. The van der Waals surface area contributed by atoms with Crippen molar-refractivity contribution >= 4 is 5.78 Å². The molecule has 0 heterocycles. The van der Waals surface area contributed by atoms with E-state index < -0.39 is 0 Å². The van der Waals surface area contributed by atoms with Gasteiger partial charge in [-0.1, -0.05) is 36.4 Å². The van der Waals surface area contributed by atoms with Gasteiger partial charge in [0.2, 0.25) is 0 Å². The van der Waals surface area contributed by atoms with E-state index in [0.717, 1.165) is 16.7 Å². The summed E-state index contributed by atoms with van der Waals surface area (Å²) in [5.74, 6) is -0.102. The van der Waals surface area contributed by atoms with Crippen LogP contribution in [0.15, 0.2) is 48.5 Å². The van der Waals surface area contributed by atoms with Crippen LogP contribution in [0.1, 0.15) is 12.5 Å². The normalized spacial score (nSPS) is 10.2. The van der Waals surface area contributed by atoms with Gasteiger partial charge in [-0.25, -0.2) is 4.39 Å². The Morgan fingerprint density at radius 3 is 2.41 bits per heavy atom. The zero-order chi connectivity index (χ0) is 12.3. The summed E-state index contributed by atoms with van der Waals surface area (Å²) in [5.41, 5.74) is 2.94. The van der Waals surface area contributed by atoms with Gasteiger partial charge < -0.3 is 0 Å². The highest BCUT2D eigenvalue weighted by atomic mass is 19.1. The molecule has 0 aliphatic heterocycles.